The second-order valence-electron chi connectivity index (χ2n) is 3.11. The second kappa shape index (κ2) is 5.02. The molecule has 0 atom stereocenters. The summed E-state index contributed by atoms with van der Waals surface area (Å²) in [6.45, 7) is 2.01. The molecule has 0 aliphatic heterocycles. The predicted molar refractivity (Wildman–Crippen MR) is 50.0 cm³/mol. The van der Waals surface area contributed by atoms with E-state index >= 15 is 0 Å². The quantitative estimate of drug-likeness (QED) is 0.759. The highest BCUT2D eigenvalue weighted by Gasteiger charge is 2.10. The number of nitrogens with two attached hydrogens (primary N) is 1. The first-order chi connectivity index (χ1) is 6.65. The normalized spacial score (nSPS) is 10.9. The van der Waals surface area contributed by atoms with Crippen LogP contribution in [-0.2, 0) is 11.3 Å². The van der Waals surface area contributed by atoms with Gasteiger partial charge in [-0.15, -0.1) is 0 Å². The van der Waals surface area contributed by atoms with E-state index in [1.807, 2.05) is 0 Å². The van der Waals surface area contributed by atoms with Gasteiger partial charge >= 0.3 is 0 Å². The molecule has 0 aromatic heterocycles. The Balaban J connectivity index is 2.83. The third-order valence-corrected chi connectivity index (χ3v) is 2.09. The van der Waals surface area contributed by atoms with Crippen LogP contribution in [0.4, 0.5) is 8.78 Å². The fourth-order valence-corrected chi connectivity index (χ4v) is 1.26. The summed E-state index contributed by atoms with van der Waals surface area (Å²) in [5.74, 6) is 4.86. The number of aryl methyl sites for hydroxylation is 1. The van der Waals surface area contributed by atoms with E-state index in [-0.39, 0.29) is 5.56 Å². The fraction of sp³-hybridized carbons (Fsp3) is 0.400. The maximum absolute atomic E-state index is 12.5. The largest absolute Gasteiger partial charge is 0.304 e. The summed E-state index contributed by atoms with van der Waals surface area (Å²) < 4.78 is 24.9. The van der Waals surface area contributed by atoms with Crippen LogP contribution in [0.2, 0.25) is 0 Å². The van der Waals surface area contributed by atoms with Crippen molar-refractivity contribution >= 4 is 0 Å². The lowest BCUT2D eigenvalue weighted by molar-refractivity contribution is 0.140. The Kier molecular flexibility index (Phi) is 3.98. The van der Waals surface area contributed by atoms with Crippen LogP contribution >= 0.6 is 0 Å². The average Bonchev–Trinajstić information content (AvgIpc) is 2.16. The maximum atomic E-state index is 12.5. The lowest BCUT2D eigenvalue weighted by Crippen LogP contribution is -2.04. The van der Waals surface area contributed by atoms with Gasteiger partial charge in [0.25, 0.3) is 6.43 Å². The molecule has 0 fully saturated rings. The Bertz CT molecular complexity index is 302. The number of halogens is 2. The van der Waals surface area contributed by atoms with Gasteiger partial charge in [-0.2, -0.15) is 0 Å². The van der Waals surface area contributed by atoms with Gasteiger partial charge in [-0.1, -0.05) is 12.1 Å². The highest BCUT2D eigenvalue weighted by atomic mass is 19.3. The van der Waals surface area contributed by atoms with E-state index in [2.05, 4.69) is 4.84 Å². The Morgan fingerprint density at radius 1 is 1.43 bits per heavy atom. The molecule has 1 rings (SSSR count). The molecule has 0 saturated carbocycles. The van der Waals surface area contributed by atoms with Crippen molar-refractivity contribution in [2.45, 2.75) is 19.8 Å². The highest BCUT2D eigenvalue weighted by Crippen LogP contribution is 2.23. The molecule has 1 aromatic rings. The fourth-order valence-electron chi connectivity index (χ4n) is 1.26. The summed E-state index contributed by atoms with van der Waals surface area (Å²) in [6.07, 6.45) is -1.87. The standard InChI is InChI=1S/C10H13F2NO/c1-7-2-3-8(4-5-14-13)6-9(7)10(11)12/h2-3,6,10H,4-5,13H2,1H3. The lowest BCUT2D eigenvalue weighted by atomic mass is 10.0. The van der Waals surface area contributed by atoms with Gasteiger partial charge in [0.2, 0.25) is 0 Å². The molecule has 0 aliphatic rings. The zero-order valence-corrected chi connectivity index (χ0v) is 7.97. The van der Waals surface area contributed by atoms with Crippen molar-refractivity contribution in [3.8, 4) is 0 Å². The summed E-state index contributed by atoms with van der Waals surface area (Å²) in [7, 11) is 0. The van der Waals surface area contributed by atoms with E-state index in [4.69, 9.17) is 5.90 Å². The van der Waals surface area contributed by atoms with Crippen molar-refractivity contribution in [3.63, 3.8) is 0 Å². The molecule has 4 heteroatoms. The first kappa shape index (κ1) is 11.1. The van der Waals surface area contributed by atoms with Gasteiger partial charge in [-0.05, 0) is 30.5 Å². The van der Waals surface area contributed by atoms with Crippen molar-refractivity contribution < 1.29 is 13.6 Å². The van der Waals surface area contributed by atoms with Crippen molar-refractivity contribution in [2.75, 3.05) is 6.61 Å². The van der Waals surface area contributed by atoms with Crippen LogP contribution in [0.25, 0.3) is 0 Å². The van der Waals surface area contributed by atoms with Crippen molar-refractivity contribution in [1.29, 1.82) is 0 Å². The van der Waals surface area contributed by atoms with E-state index in [1.54, 1.807) is 19.1 Å². The third-order valence-electron chi connectivity index (χ3n) is 2.09. The molecular formula is C10H13F2NO. The summed E-state index contributed by atoms with van der Waals surface area (Å²) in [5, 5.41) is 0. The minimum absolute atomic E-state index is 0.0829. The zero-order valence-electron chi connectivity index (χ0n) is 7.97. The molecule has 78 valence electrons. The minimum atomic E-state index is -2.42. The molecule has 14 heavy (non-hydrogen) atoms. The SMILES string of the molecule is Cc1ccc(CCON)cc1C(F)F. The molecule has 0 radical (unpaired) electrons. The Morgan fingerprint density at radius 3 is 2.71 bits per heavy atom. The second-order valence-corrected chi connectivity index (χ2v) is 3.11. The minimum Gasteiger partial charge on any atom is -0.304 e. The van der Waals surface area contributed by atoms with Gasteiger partial charge in [0.15, 0.2) is 0 Å². The van der Waals surface area contributed by atoms with Crippen LogP contribution in [-0.4, -0.2) is 6.61 Å². The van der Waals surface area contributed by atoms with Gasteiger partial charge in [0, 0.05) is 5.56 Å². The first-order valence-corrected chi connectivity index (χ1v) is 4.34. The van der Waals surface area contributed by atoms with Gasteiger partial charge in [-0.25, -0.2) is 14.7 Å². The molecule has 0 aliphatic carbocycles. The van der Waals surface area contributed by atoms with E-state index in [0.717, 1.165) is 5.56 Å². The lowest BCUT2D eigenvalue weighted by Gasteiger charge is -2.07. The topological polar surface area (TPSA) is 35.2 Å². The van der Waals surface area contributed by atoms with Gasteiger partial charge in [-0.3, -0.25) is 0 Å². The molecule has 2 N–H and O–H groups in total. The molecule has 2 nitrogen and oxygen atoms in total. The third kappa shape index (κ3) is 2.75. The predicted octanol–water partition coefficient (Wildman–Crippen LogP) is 2.37. The summed E-state index contributed by atoms with van der Waals surface area (Å²) >= 11 is 0. The first-order valence-electron chi connectivity index (χ1n) is 4.34. The van der Waals surface area contributed by atoms with Crippen LogP contribution in [0, 0.1) is 6.92 Å². The van der Waals surface area contributed by atoms with Crippen LogP contribution in [0.15, 0.2) is 18.2 Å². The van der Waals surface area contributed by atoms with Crippen LogP contribution < -0.4 is 5.90 Å². The van der Waals surface area contributed by atoms with Crippen molar-refractivity contribution in [2.24, 2.45) is 5.90 Å². The number of alkyl halides is 2. The number of benzene rings is 1. The molecule has 1 aromatic carbocycles. The van der Waals surface area contributed by atoms with Crippen LogP contribution in [0.5, 0.6) is 0 Å². The smallest absolute Gasteiger partial charge is 0.264 e. The molecule has 0 saturated heterocycles. The molecule has 0 spiro atoms. The van der Waals surface area contributed by atoms with E-state index in [0.29, 0.717) is 18.6 Å². The Hall–Kier alpha value is -1.00. The summed E-state index contributed by atoms with van der Waals surface area (Å²) in [6, 6.07) is 4.99. The Morgan fingerprint density at radius 2 is 2.14 bits per heavy atom. The molecule has 0 amide bonds. The Labute approximate surface area is 81.6 Å². The molecular weight excluding hydrogens is 188 g/mol. The summed E-state index contributed by atoms with van der Waals surface area (Å²) in [5.41, 5.74) is 1.51. The van der Waals surface area contributed by atoms with Gasteiger partial charge in [0.1, 0.15) is 0 Å². The number of rotatable bonds is 4. The van der Waals surface area contributed by atoms with Gasteiger partial charge in [0.05, 0.1) is 6.61 Å². The molecule has 0 unspecified atom stereocenters. The highest BCUT2D eigenvalue weighted by molar-refractivity contribution is 5.32. The van der Waals surface area contributed by atoms with Gasteiger partial charge < -0.3 is 4.84 Å². The molecule has 0 heterocycles. The van der Waals surface area contributed by atoms with Crippen molar-refractivity contribution in [1.82, 2.24) is 0 Å². The summed E-state index contributed by atoms with van der Waals surface area (Å²) in [4.78, 5) is 4.39. The monoisotopic (exact) mass is 201 g/mol. The van der Waals surface area contributed by atoms with E-state index in [1.165, 1.54) is 6.07 Å². The number of hydrogen-bond acceptors (Lipinski definition) is 2. The molecule has 0 bridgehead atoms. The number of hydrogen-bond donors (Lipinski definition) is 1. The zero-order chi connectivity index (χ0) is 10.6. The van der Waals surface area contributed by atoms with Crippen LogP contribution in [0.3, 0.4) is 0 Å². The van der Waals surface area contributed by atoms with E-state index in [9.17, 15) is 8.78 Å². The van der Waals surface area contributed by atoms with Crippen molar-refractivity contribution in [3.05, 3.63) is 34.9 Å². The van der Waals surface area contributed by atoms with Crippen LogP contribution in [0.1, 0.15) is 23.1 Å². The maximum Gasteiger partial charge on any atom is 0.264 e. The van der Waals surface area contributed by atoms with E-state index < -0.39 is 6.43 Å². The average molecular weight is 201 g/mol.